The van der Waals surface area contributed by atoms with Gasteiger partial charge in [0.1, 0.15) is 0 Å². The zero-order valence-corrected chi connectivity index (χ0v) is 11.4. The van der Waals surface area contributed by atoms with Crippen molar-refractivity contribution in [1.29, 1.82) is 0 Å². The summed E-state index contributed by atoms with van der Waals surface area (Å²) >= 11 is 0. The molecular formula is C13H20N4O2. The van der Waals surface area contributed by atoms with Crippen molar-refractivity contribution >= 4 is 11.8 Å². The molecule has 2 unspecified atom stereocenters. The molecule has 1 aliphatic rings. The first-order chi connectivity index (χ1) is 9.11. The van der Waals surface area contributed by atoms with Crippen molar-refractivity contribution in [2.24, 2.45) is 0 Å². The van der Waals surface area contributed by atoms with Gasteiger partial charge in [0.25, 0.3) is 0 Å². The lowest BCUT2D eigenvalue weighted by Gasteiger charge is -2.18. The van der Waals surface area contributed by atoms with Gasteiger partial charge in [-0.1, -0.05) is 6.92 Å². The van der Waals surface area contributed by atoms with Crippen LogP contribution in [0.2, 0.25) is 0 Å². The normalized spacial score (nSPS) is 21.2. The number of likely N-dealkylation sites (tertiary alicyclic amines) is 1. The predicted molar refractivity (Wildman–Crippen MR) is 70.2 cm³/mol. The van der Waals surface area contributed by atoms with E-state index in [2.05, 4.69) is 10.4 Å². The second-order valence-corrected chi connectivity index (χ2v) is 4.94. The maximum Gasteiger partial charge on any atom is 0.246 e. The molecule has 1 aromatic rings. The van der Waals surface area contributed by atoms with E-state index in [9.17, 15) is 9.59 Å². The standard InChI is InChI=1S/C13H20N4O2/c1-3-6-17-12(18)8-11(13(17)19)15-10(2)9-16-7-4-5-14-16/h4-5,7,10-11,15H,3,6,8-9H2,1-2H3. The van der Waals surface area contributed by atoms with Crippen LogP contribution in [-0.2, 0) is 16.1 Å². The van der Waals surface area contributed by atoms with Crippen molar-refractivity contribution in [3.63, 3.8) is 0 Å². The lowest BCUT2D eigenvalue weighted by molar-refractivity contribution is -0.138. The van der Waals surface area contributed by atoms with Crippen LogP contribution in [0.3, 0.4) is 0 Å². The fourth-order valence-corrected chi connectivity index (χ4v) is 2.36. The van der Waals surface area contributed by atoms with E-state index < -0.39 is 0 Å². The first-order valence-corrected chi connectivity index (χ1v) is 6.69. The number of hydrogen-bond donors (Lipinski definition) is 1. The third-order valence-corrected chi connectivity index (χ3v) is 3.20. The molecule has 1 fully saturated rings. The monoisotopic (exact) mass is 264 g/mol. The summed E-state index contributed by atoms with van der Waals surface area (Å²) in [5, 5.41) is 7.34. The largest absolute Gasteiger partial charge is 0.301 e. The molecule has 0 bridgehead atoms. The molecule has 2 heterocycles. The van der Waals surface area contributed by atoms with Crippen LogP contribution in [0.25, 0.3) is 0 Å². The molecule has 6 heteroatoms. The van der Waals surface area contributed by atoms with E-state index in [1.54, 1.807) is 6.20 Å². The van der Waals surface area contributed by atoms with Gasteiger partial charge in [-0.2, -0.15) is 5.10 Å². The van der Waals surface area contributed by atoms with Crippen LogP contribution >= 0.6 is 0 Å². The Bertz CT molecular complexity index is 444. The van der Waals surface area contributed by atoms with Crippen LogP contribution in [0.1, 0.15) is 26.7 Å². The van der Waals surface area contributed by atoms with Crippen molar-refractivity contribution < 1.29 is 9.59 Å². The Morgan fingerprint density at radius 3 is 2.95 bits per heavy atom. The van der Waals surface area contributed by atoms with Gasteiger partial charge < -0.3 is 5.32 Å². The summed E-state index contributed by atoms with van der Waals surface area (Å²) < 4.78 is 1.81. The van der Waals surface area contributed by atoms with E-state index in [0.29, 0.717) is 13.1 Å². The van der Waals surface area contributed by atoms with E-state index in [0.717, 1.165) is 6.42 Å². The summed E-state index contributed by atoms with van der Waals surface area (Å²) in [4.78, 5) is 25.2. The maximum absolute atomic E-state index is 12.1. The molecule has 2 atom stereocenters. The van der Waals surface area contributed by atoms with Crippen molar-refractivity contribution in [2.45, 2.75) is 45.3 Å². The van der Waals surface area contributed by atoms with Gasteiger partial charge in [0.2, 0.25) is 11.8 Å². The molecule has 19 heavy (non-hydrogen) atoms. The smallest absolute Gasteiger partial charge is 0.246 e. The lowest BCUT2D eigenvalue weighted by Crippen LogP contribution is -2.44. The SMILES string of the molecule is CCCN1C(=O)CC(NC(C)Cn2cccn2)C1=O. The predicted octanol–water partition coefficient (Wildman–Crippen LogP) is 0.399. The van der Waals surface area contributed by atoms with Crippen molar-refractivity contribution in [3.8, 4) is 0 Å². The lowest BCUT2D eigenvalue weighted by atomic mass is 10.2. The van der Waals surface area contributed by atoms with Crippen LogP contribution in [-0.4, -0.2) is 45.1 Å². The second-order valence-electron chi connectivity index (χ2n) is 4.94. The number of nitrogens with one attached hydrogen (secondary N) is 1. The highest BCUT2D eigenvalue weighted by Gasteiger charge is 2.38. The van der Waals surface area contributed by atoms with E-state index in [1.807, 2.05) is 30.8 Å². The van der Waals surface area contributed by atoms with Gasteiger partial charge in [-0.3, -0.25) is 19.2 Å². The summed E-state index contributed by atoms with van der Waals surface area (Å²) in [6.07, 6.45) is 4.67. The fourth-order valence-electron chi connectivity index (χ4n) is 2.36. The summed E-state index contributed by atoms with van der Waals surface area (Å²) in [5.41, 5.74) is 0. The Kier molecular flexibility index (Phi) is 4.31. The Morgan fingerprint density at radius 1 is 1.53 bits per heavy atom. The van der Waals surface area contributed by atoms with E-state index >= 15 is 0 Å². The molecule has 0 aromatic carbocycles. The van der Waals surface area contributed by atoms with Crippen LogP contribution in [0, 0.1) is 0 Å². The first-order valence-electron chi connectivity index (χ1n) is 6.69. The van der Waals surface area contributed by atoms with Gasteiger partial charge >= 0.3 is 0 Å². The maximum atomic E-state index is 12.1. The molecule has 0 aliphatic carbocycles. The Hall–Kier alpha value is -1.69. The molecule has 0 radical (unpaired) electrons. The van der Waals surface area contributed by atoms with E-state index in [-0.39, 0.29) is 30.3 Å². The number of carbonyl (C=O) groups excluding carboxylic acids is 2. The van der Waals surface area contributed by atoms with Crippen molar-refractivity contribution in [2.75, 3.05) is 6.54 Å². The molecule has 104 valence electrons. The second kappa shape index (κ2) is 5.97. The minimum atomic E-state index is -0.385. The molecule has 0 spiro atoms. The van der Waals surface area contributed by atoms with Gasteiger partial charge in [0.15, 0.2) is 0 Å². The third-order valence-electron chi connectivity index (χ3n) is 3.20. The van der Waals surface area contributed by atoms with Crippen molar-refractivity contribution in [3.05, 3.63) is 18.5 Å². The van der Waals surface area contributed by atoms with E-state index in [1.165, 1.54) is 4.90 Å². The van der Waals surface area contributed by atoms with Gasteiger partial charge in [-0.15, -0.1) is 0 Å². The highest BCUT2D eigenvalue weighted by atomic mass is 16.2. The van der Waals surface area contributed by atoms with Gasteiger partial charge in [0, 0.05) is 25.0 Å². The Labute approximate surface area is 112 Å². The van der Waals surface area contributed by atoms with Gasteiger partial charge in [-0.05, 0) is 19.4 Å². The highest BCUT2D eigenvalue weighted by molar-refractivity contribution is 6.05. The molecule has 2 amide bonds. The molecule has 6 nitrogen and oxygen atoms in total. The third kappa shape index (κ3) is 3.20. The number of rotatable bonds is 6. The number of carbonyl (C=O) groups is 2. The molecule has 1 N–H and O–H groups in total. The van der Waals surface area contributed by atoms with Crippen LogP contribution in [0.15, 0.2) is 18.5 Å². The number of aromatic nitrogens is 2. The molecule has 1 saturated heterocycles. The molecule has 2 rings (SSSR count). The summed E-state index contributed by atoms with van der Waals surface area (Å²) in [5.74, 6) is -0.171. The average Bonchev–Trinajstić information content (AvgIpc) is 2.94. The van der Waals surface area contributed by atoms with Crippen LogP contribution < -0.4 is 5.32 Å². The first kappa shape index (κ1) is 13.7. The van der Waals surface area contributed by atoms with Crippen LogP contribution in [0.5, 0.6) is 0 Å². The van der Waals surface area contributed by atoms with Gasteiger partial charge in [-0.25, -0.2) is 0 Å². The molecular weight excluding hydrogens is 244 g/mol. The zero-order valence-electron chi connectivity index (χ0n) is 11.4. The minimum absolute atomic E-state index is 0.0735. The fraction of sp³-hybridized carbons (Fsp3) is 0.615. The summed E-state index contributed by atoms with van der Waals surface area (Å²) in [6, 6.07) is 1.56. The quantitative estimate of drug-likeness (QED) is 0.755. The topological polar surface area (TPSA) is 67.2 Å². The number of hydrogen-bond acceptors (Lipinski definition) is 4. The summed E-state index contributed by atoms with van der Waals surface area (Å²) in [7, 11) is 0. The summed E-state index contributed by atoms with van der Waals surface area (Å²) in [6.45, 7) is 5.14. The average molecular weight is 264 g/mol. The van der Waals surface area contributed by atoms with Crippen LogP contribution in [0.4, 0.5) is 0 Å². The zero-order chi connectivity index (χ0) is 13.8. The Morgan fingerprint density at radius 2 is 2.32 bits per heavy atom. The number of amides is 2. The Balaban J connectivity index is 1.89. The molecule has 0 saturated carbocycles. The minimum Gasteiger partial charge on any atom is -0.301 e. The van der Waals surface area contributed by atoms with E-state index in [4.69, 9.17) is 0 Å². The highest BCUT2D eigenvalue weighted by Crippen LogP contribution is 2.14. The van der Waals surface area contributed by atoms with Gasteiger partial charge in [0.05, 0.1) is 19.0 Å². The number of imide groups is 1. The molecule has 1 aromatic heterocycles. The van der Waals surface area contributed by atoms with Crippen molar-refractivity contribution in [1.82, 2.24) is 20.0 Å². The number of nitrogens with zero attached hydrogens (tertiary/aromatic N) is 3. The molecule has 1 aliphatic heterocycles.